The molecule has 2 rings (SSSR count). The van der Waals surface area contributed by atoms with Crippen LogP contribution in [0, 0.1) is 18.6 Å². The molecule has 0 saturated heterocycles. The minimum absolute atomic E-state index is 0.0870. The van der Waals surface area contributed by atoms with E-state index in [1.54, 1.807) is 13.0 Å². The fourth-order valence-electron chi connectivity index (χ4n) is 1.39. The quantitative estimate of drug-likeness (QED) is 0.734. The van der Waals surface area contributed by atoms with Crippen molar-refractivity contribution < 1.29 is 8.78 Å². The van der Waals surface area contributed by atoms with E-state index < -0.39 is 11.6 Å². The molecule has 0 aliphatic rings. The lowest BCUT2D eigenvalue weighted by Crippen LogP contribution is -1.95. The molecule has 0 saturated carbocycles. The molecule has 0 atom stereocenters. The number of hydrogen-bond donors (Lipinski definition) is 0. The summed E-state index contributed by atoms with van der Waals surface area (Å²) < 4.78 is 26.3. The van der Waals surface area contributed by atoms with Gasteiger partial charge in [-0.1, -0.05) is 23.2 Å². The summed E-state index contributed by atoms with van der Waals surface area (Å²) in [6, 6.07) is 4.24. The average Bonchev–Trinajstić information content (AvgIpc) is 2.23. The maximum absolute atomic E-state index is 13.2. The number of rotatable bonds is 1. The lowest BCUT2D eigenvalue weighted by atomic mass is 10.1. The van der Waals surface area contributed by atoms with Gasteiger partial charge in [-0.15, -0.1) is 0 Å². The Labute approximate surface area is 106 Å². The van der Waals surface area contributed by atoms with E-state index in [1.165, 1.54) is 12.1 Å². The third kappa shape index (κ3) is 2.53. The van der Waals surface area contributed by atoms with E-state index in [2.05, 4.69) is 9.97 Å². The molecular weight excluding hydrogens is 269 g/mol. The van der Waals surface area contributed by atoms with Gasteiger partial charge >= 0.3 is 0 Å². The third-order valence-corrected chi connectivity index (χ3v) is 2.57. The SMILES string of the molecule is Cc1cc(F)cc(-c2nc(Cl)c(F)c(Cl)n2)c1. The first-order valence-electron chi connectivity index (χ1n) is 4.63. The summed E-state index contributed by atoms with van der Waals surface area (Å²) in [6.07, 6.45) is 0. The van der Waals surface area contributed by atoms with Crippen molar-refractivity contribution in [3.63, 3.8) is 0 Å². The Morgan fingerprint density at radius 1 is 1.00 bits per heavy atom. The number of benzene rings is 1. The van der Waals surface area contributed by atoms with Gasteiger partial charge < -0.3 is 0 Å². The van der Waals surface area contributed by atoms with Crippen LogP contribution in [0.1, 0.15) is 5.56 Å². The highest BCUT2D eigenvalue weighted by atomic mass is 35.5. The first-order chi connectivity index (χ1) is 7.97. The summed E-state index contributed by atoms with van der Waals surface area (Å²) in [5, 5.41) is -0.774. The van der Waals surface area contributed by atoms with Crippen LogP contribution in [0.5, 0.6) is 0 Å². The van der Waals surface area contributed by atoms with Crippen molar-refractivity contribution in [3.05, 3.63) is 45.7 Å². The number of aryl methyl sites for hydroxylation is 1. The summed E-state index contributed by atoms with van der Waals surface area (Å²) in [5.41, 5.74) is 1.09. The van der Waals surface area contributed by atoms with Gasteiger partial charge in [0.2, 0.25) is 0 Å². The maximum Gasteiger partial charge on any atom is 0.197 e. The van der Waals surface area contributed by atoms with Gasteiger partial charge in [-0.05, 0) is 30.7 Å². The van der Waals surface area contributed by atoms with Crippen molar-refractivity contribution in [1.82, 2.24) is 9.97 Å². The molecule has 0 unspecified atom stereocenters. The highest BCUT2D eigenvalue weighted by Gasteiger charge is 2.13. The van der Waals surface area contributed by atoms with Crippen molar-refractivity contribution in [2.45, 2.75) is 6.92 Å². The molecule has 2 aromatic rings. The monoisotopic (exact) mass is 274 g/mol. The molecule has 88 valence electrons. The van der Waals surface area contributed by atoms with E-state index in [0.717, 1.165) is 0 Å². The van der Waals surface area contributed by atoms with Crippen LogP contribution in [0.25, 0.3) is 11.4 Å². The van der Waals surface area contributed by atoms with E-state index >= 15 is 0 Å². The van der Waals surface area contributed by atoms with E-state index in [-0.39, 0.29) is 16.1 Å². The van der Waals surface area contributed by atoms with E-state index in [9.17, 15) is 8.78 Å². The Hall–Kier alpha value is -1.26. The van der Waals surface area contributed by atoms with Crippen molar-refractivity contribution in [2.24, 2.45) is 0 Å². The summed E-state index contributed by atoms with van der Waals surface area (Å²) in [7, 11) is 0. The highest BCUT2D eigenvalue weighted by molar-refractivity contribution is 6.33. The Morgan fingerprint density at radius 2 is 1.59 bits per heavy atom. The molecule has 0 aliphatic heterocycles. The smallest absolute Gasteiger partial charge is 0.197 e. The van der Waals surface area contributed by atoms with Crippen molar-refractivity contribution in [2.75, 3.05) is 0 Å². The van der Waals surface area contributed by atoms with Crippen LogP contribution >= 0.6 is 23.2 Å². The molecule has 0 radical (unpaired) electrons. The van der Waals surface area contributed by atoms with Crippen LogP contribution in [0.3, 0.4) is 0 Å². The lowest BCUT2D eigenvalue weighted by molar-refractivity contribution is 0.615. The minimum Gasteiger partial charge on any atom is -0.213 e. The largest absolute Gasteiger partial charge is 0.213 e. The summed E-state index contributed by atoms with van der Waals surface area (Å²) in [6.45, 7) is 1.72. The van der Waals surface area contributed by atoms with Gasteiger partial charge in [-0.3, -0.25) is 0 Å². The molecule has 0 fully saturated rings. The topological polar surface area (TPSA) is 25.8 Å². The van der Waals surface area contributed by atoms with Gasteiger partial charge in [-0.2, -0.15) is 0 Å². The Morgan fingerprint density at radius 3 is 2.12 bits per heavy atom. The van der Waals surface area contributed by atoms with Crippen molar-refractivity contribution >= 4 is 23.2 Å². The molecule has 0 N–H and O–H groups in total. The minimum atomic E-state index is -0.884. The van der Waals surface area contributed by atoms with E-state index in [4.69, 9.17) is 23.2 Å². The van der Waals surface area contributed by atoms with Crippen LogP contribution in [-0.4, -0.2) is 9.97 Å². The standard InChI is InChI=1S/C11H6Cl2F2N2/c1-5-2-6(4-7(14)3-5)11-16-9(12)8(15)10(13)17-11/h2-4H,1H3. The van der Waals surface area contributed by atoms with Crippen LogP contribution in [0.4, 0.5) is 8.78 Å². The molecule has 1 aromatic carbocycles. The summed E-state index contributed by atoms with van der Waals surface area (Å²) in [4.78, 5) is 7.43. The fraction of sp³-hybridized carbons (Fsp3) is 0.0909. The zero-order valence-corrected chi connectivity index (χ0v) is 10.2. The number of nitrogens with zero attached hydrogens (tertiary/aromatic N) is 2. The molecule has 0 bridgehead atoms. The van der Waals surface area contributed by atoms with Crippen LogP contribution in [0.2, 0.25) is 10.3 Å². The van der Waals surface area contributed by atoms with Crippen LogP contribution < -0.4 is 0 Å². The van der Waals surface area contributed by atoms with Gasteiger partial charge in [0, 0.05) is 5.56 Å². The summed E-state index contributed by atoms with van der Waals surface area (Å²) in [5.74, 6) is -1.23. The molecule has 1 aromatic heterocycles. The average molecular weight is 275 g/mol. The molecule has 6 heteroatoms. The second kappa shape index (κ2) is 4.55. The predicted octanol–water partition coefficient (Wildman–Crippen LogP) is 4.04. The number of hydrogen-bond acceptors (Lipinski definition) is 2. The van der Waals surface area contributed by atoms with Crippen molar-refractivity contribution in [3.8, 4) is 11.4 Å². The zero-order chi connectivity index (χ0) is 12.6. The molecular formula is C11H6Cl2F2N2. The Balaban J connectivity index is 2.60. The second-order valence-corrected chi connectivity index (χ2v) is 4.18. The van der Waals surface area contributed by atoms with Gasteiger partial charge in [0.1, 0.15) is 5.82 Å². The molecule has 2 nitrogen and oxygen atoms in total. The normalized spacial score (nSPS) is 10.6. The number of halogens is 4. The fourth-order valence-corrected chi connectivity index (χ4v) is 1.78. The van der Waals surface area contributed by atoms with Gasteiger partial charge in [0.15, 0.2) is 21.9 Å². The molecule has 1 heterocycles. The van der Waals surface area contributed by atoms with Crippen LogP contribution in [-0.2, 0) is 0 Å². The van der Waals surface area contributed by atoms with E-state index in [0.29, 0.717) is 11.1 Å². The van der Waals surface area contributed by atoms with E-state index in [1.807, 2.05) is 0 Å². The lowest BCUT2D eigenvalue weighted by Gasteiger charge is -2.04. The first-order valence-corrected chi connectivity index (χ1v) is 5.39. The number of aromatic nitrogens is 2. The first kappa shape index (κ1) is 12.2. The predicted molar refractivity (Wildman–Crippen MR) is 62.1 cm³/mol. The van der Waals surface area contributed by atoms with Gasteiger partial charge in [-0.25, -0.2) is 18.7 Å². The van der Waals surface area contributed by atoms with Gasteiger partial charge in [0.05, 0.1) is 0 Å². The zero-order valence-electron chi connectivity index (χ0n) is 8.64. The highest BCUT2D eigenvalue weighted by Crippen LogP contribution is 2.25. The third-order valence-electron chi connectivity index (χ3n) is 2.07. The Kier molecular flexibility index (Phi) is 3.26. The van der Waals surface area contributed by atoms with Crippen molar-refractivity contribution in [1.29, 1.82) is 0 Å². The van der Waals surface area contributed by atoms with Crippen LogP contribution in [0.15, 0.2) is 18.2 Å². The molecule has 0 aliphatic carbocycles. The second-order valence-electron chi connectivity index (χ2n) is 3.46. The maximum atomic E-state index is 13.2. The Bertz CT molecular complexity index is 544. The molecule has 0 spiro atoms. The summed E-state index contributed by atoms with van der Waals surface area (Å²) >= 11 is 11.1. The van der Waals surface area contributed by atoms with Gasteiger partial charge in [0.25, 0.3) is 0 Å². The molecule has 0 amide bonds. The molecule has 17 heavy (non-hydrogen) atoms.